The zero-order chi connectivity index (χ0) is 33.0. The lowest BCUT2D eigenvalue weighted by Crippen LogP contribution is -2.10. The molecule has 50 heavy (non-hydrogen) atoms. The molecule has 9 aromatic carbocycles. The fraction of sp³-hybridized carbons (Fsp3) is 0. The molecule has 0 saturated heterocycles. The molecule has 0 radical (unpaired) electrons. The van der Waals surface area contributed by atoms with Crippen LogP contribution >= 0.6 is 0 Å². The van der Waals surface area contributed by atoms with Crippen LogP contribution < -0.4 is 4.90 Å². The van der Waals surface area contributed by atoms with E-state index < -0.39 is 0 Å². The van der Waals surface area contributed by atoms with Gasteiger partial charge in [0.05, 0.1) is 11.1 Å². The van der Waals surface area contributed by atoms with Crippen LogP contribution in [0.3, 0.4) is 0 Å². The van der Waals surface area contributed by atoms with E-state index in [-0.39, 0.29) is 0 Å². The third kappa shape index (κ3) is 4.65. The fourth-order valence-electron chi connectivity index (χ4n) is 7.58. The Morgan fingerprint density at radius 3 is 1.64 bits per heavy atom. The summed E-state index contributed by atoms with van der Waals surface area (Å²) in [6, 6.07) is 67.5. The van der Waals surface area contributed by atoms with Gasteiger partial charge in [0.15, 0.2) is 0 Å². The first-order valence-electron chi connectivity index (χ1n) is 17.1. The standard InChI is InChI=1S/C48H31NO/c1-2-9-32(10-3-1)33-19-25-39(26-20-33)49(45-15-8-16-46-47(45)44-30-23-36-12-5-7-14-43(36)48(44)50-46)40-27-21-34(22-28-40)37-24-29-42-38(31-37)18-17-35-11-4-6-13-41(35)42/h1-31H. The molecular weight excluding hydrogens is 607 g/mol. The van der Waals surface area contributed by atoms with E-state index >= 15 is 0 Å². The number of hydrogen-bond acceptors (Lipinski definition) is 2. The highest BCUT2D eigenvalue weighted by Crippen LogP contribution is 2.45. The maximum absolute atomic E-state index is 6.62. The fourth-order valence-corrected chi connectivity index (χ4v) is 7.58. The van der Waals surface area contributed by atoms with Gasteiger partial charge in [-0.3, -0.25) is 0 Å². The number of hydrogen-bond donors (Lipinski definition) is 0. The van der Waals surface area contributed by atoms with Crippen molar-refractivity contribution in [3.63, 3.8) is 0 Å². The number of rotatable bonds is 5. The Balaban J connectivity index is 1.12. The second-order valence-electron chi connectivity index (χ2n) is 12.9. The van der Waals surface area contributed by atoms with E-state index in [1.165, 1.54) is 49.2 Å². The number of benzene rings is 9. The third-order valence-corrected chi connectivity index (χ3v) is 10.0. The first-order valence-corrected chi connectivity index (χ1v) is 17.1. The molecule has 0 saturated carbocycles. The van der Waals surface area contributed by atoms with Crippen molar-refractivity contribution in [2.45, 2.75) is 0 Å². The summed E-state index contributed by atoms with van der Waals surface area (Å²) in [7, 11) is 0. The van der Waals surface area contributed by atoms with Crippen molar-refractivity contribution in [1.29, 1.82) is 0 Å². The van der Waals surface area contributed by atoms with E-state index in [0.29, 0.717) is 0 Å². The zero-order valence-electron chi connectivity index (χ0n) is 27.3. The van der Waals surface area contributed by atoms with Crippen molar-refractivity contribution in [2.75, 3.05) is 4.90 Å². The molecular formula is C48H31NO. The van der Waals surface area contributed by atoms with Gasteiger partial charge in [0.2, 0.25) is 0 Å². The molecule has 0 amide bonds. The zero-order valence-corrected chi connectivity index (χ0v) is 27.3. The van der Waals surface area contributed by atoms with Gasteiger partial charge in [-0.15, -0.1) is 0 Å². The molecule has 234 valence electrons. The average Bonchev–Trinajstić information content (AvgIpc) is 3.59. The van der Waals surface area contributed by atoms with E-state index in [9.17, 15) is 0 Å². The van der Waals surface area contributed by atoms with Crippen LogP contribution in [0.4, 0.5) is 17.1 Å². The summed E-state index contributed by atoms with van der Waals surface area (Å²) >= 11 is 0. The van der Waals surface area contributed by atoms with Gasteiger partial charge in [-0.25, -0.2) is 0 Å². The summed E-state index contributed by atoms with van der Waals surface area (Å²) in [4.78, 5) is 2.36. The first kappa shape index (κ1) is 28.4. The lowest BCUT2D eigenvalue weighted by atomic mass is 9.97. The Morgan fingerprint density at radius 2 is 0.880 bits per heavy atom. The highest BCUT2D eigenvalue weighted by atomic mass is 16.3. The number of fused-ring (bicyclic) bond motifs is 8. The Bertz CT molecular complexity index is 2850. The molecule has 0 aliphatic rings. The van der Waals surface area contributed by atoms with E-state index in [1.807, 2.05) is 0 Å². The molecule has 0 unspecified atom stereocenters. The van der Waals surface area contributed by atoms with Gasteiger partial charge in [0.1, 0.15) is 11.2 Å². The minimum absolute atomic E-state index is 0.875. The van der Waals surface area contributed by atoms with Crippen LogP contribution in [0.1, 0.15) is 0 Å². The van der Waals surface area contributed by atoms with E-state index in [2.05, 4.69) is 193 Å². The molecule has 10 aromatic rings. The van der Waals surface area contributed by atoms with E-state index in [1.54, 1.807) is 0 Å². The maximum Gasteiger partial charge on any atom is 0.143 e. The normalized spacial score (nSPS) is 11.6. The molecule has 0 fully saturated rings. The second-order valence-corrected chi connectivity index (χ2v) is 12.9. The van der Waals surface area contributed by atoms with Crippen LogP contribution in [-0.4, -0.2) is 0 Å². The average molecular weight is 638 g/mol. The molecule has 0 spiro atoms. The van der Waals surface area contributed by atoms with Crippen molar-refractivity contribution in [3.05, 3.63) is 188 Å². The molecule has 0 N–H and O–H groups in total. The lowest BCUT2D eigenvalue weighted by Gasteiger charge is -2.26. The SMILES string of the molecule is c1ccc(-c2ccc(N(c3ccc(-c4ccc5c(ccc6ccccc65)c4)cc3)c3cccc4oc5c6ccccc6ccc5c34)cc2)cc1. The number of furan rings is 1. The summed E-state index contributed by atoms with van der Waals surface area (Å²) in [5.74, 6) is 0. The Hall–Kier alpha value is -6.64. The first-order chi connectivity index (χ1) is 24.8. The van der Waals surface area contributed by atoms with Crippen molar-refractivity contribution < 1.29 is 4.42 Å². The summed E-state index contributed by atoms with van der Waals surface area (Å²) in [5.41, 5.74) is 9.81. The van der Waals surface area contributed by atoms with Gasteiger partial charge in [-0.1, -0.05) is 140 Å². The minimum atomic E-state index is 0.875. The molecule has 0 bridgehead atoms. The van der Waals surface area contributed by atoms with Crippen LogP contribution in [0.2, 0.25) is 0 Å². The summed E-state index contributed by atoms with van der Waals surface area (Å²) in [6.07, 6.45) is 0. The summed E-state index contributed by atoms with van der Waals surface area (Å²) in [5, 5.41) is 9.59. The van der Waals surface area contributed by atoms with E-state index in [4.69, 9.17) is 4.42 Å². The molecule has 2 heteroatoms. The predicted molar refractivity (Wildman–Crippen MR) is 212 cm³/mol. The topological polar surface area (TPSA) is 16.4 Å². The molecule has 0 aliphatic carbocycles. The quantitative estimate of drug-likeness (QED) is 0.175. The number of nitrogens with zero attached hydrogens (tertiary/aromatic N) is 1. The largest absolute Gasteiger partial charge is 0.455 e. The van der Waals surface area contributed by atoms with Crippen molar-refractivity contribution in [2.24, 2.45) is 0 Å². The van der Waals surface area contributed by atoms with Gasteiger partial charge < -0.3 is 9.32 Å². The van der Waals surface area contributed by atoms with Crippen LogP contribution in [0.5, 0.6) is 0 Å². The van der Waals surface area contributed by atoms with Crippen molar-refractivity contribution in [3.8, 4) is 22.3 Å². The molecule has 0 atom stereocenters. The summed E-state index contributed by atoms with van der Waals surface area (Å²) < 4.78 is 6.62. The predicted octanol–water partition coefficient (Wildman–Crippen LogP) is 13.8. The van der Waals surface area contributed by atoms with Crippen LogP contribution in [0.25, 0.3) is 76.5 Å². The smallest absolute Gasteiger partial charge is 0.143 e. The Kier molecular flexibility index (Phi) is 6.53. The highest BCUT2D eigenvalue weighted by molar-refractivity contribution is 6.19. The van der Waals surface area contributed by atoms with Crippen LogP contribution in [0, 0.1) is 0 Å². The maximum atomic E-state index is 6.62. The van der Waals surface area contributed by atoms with Crippen molar-refractivity contribution in [1.82, 2.24) is 0 Å². The van der Waals surface area contributed by atoms with Gasteiger partial charge >= 0.3 is 0 Å². The van der Waals surface area contributed by atoms with Gasteiger partial charge in [0, 0.05) is 22.1 Å². The third-order valence-electron chi connectivity index (χ3n) is 10.0. The molecule has 2 nitrogen and oxygen atoms in total. The van der Waals surface area contributed by atoms with Crippen LogP contribution in [0.15, 0.2) is 192 Å². The Labute approximate surface area is 290 Å². The highest BCUT2D eigenvalue weighted by Gasteiger charge is 2.20. The van der Waals surface area contributed by atoms with Crippen molar-refractivity contribution >= 4 is 71.3 Å². The molecule has 1 aromatic heterocycles. The Morgan fingerprint density at radius 1 is 0.340 bits per heavy atom. The monoisotopic (exact) mass is 637 g/mol. The number of anilines is 3. The van der Waals surface area contributed by atoms with E-state index in [0.717, 1.165) is 44.4 Å². The van der Waals surface area contributed by atoms with Gasteiger partial charge in [-0.2, -0.15) is 0 Å². The lowest BCUT2D eigenvalue weighted by molar-refractivity contribution is 0.672. The molecule has 0 aliphatic heterocycles. The van der Waals surface area contributed by atoms with Crippen LogP contribution in [-0.2, 0) is 0 Å². The van der Waals surface area contributed by atoms with Gasteiger partial charge in [-0.05, 0) is 97.7 Å². The second kappa shape index (κ2) is 11.5. The minimum Gasteiger partial charge on any atom is -0.455 e. The molecule has 1 heterocycles. The molecule has 10 rings (SSSR count). The van der Waals surface area contributed by atoms with Gasteiger partial charge in [0.25, 0.3) is 0 Å². The summed E-state index contributed by atoms with van der Waals surface area (Å²) in [6.45, 7) is 0.